The van der Waals surface area contributed by atoms with E-state index in [-0.39, 0.29) is 0 Å². The Morgan fingerprint density at radius 2 is 0.660 bits per heavy atom. The Labute approximate surface area is 308 Å². The van der Waals surface area contributed by atoms with E-state index in [1.54, 1.807) is 0 Å². The second-order valence-electron chi connectivity index (χ2n) is 12.0. The molecule has 0 aliphatic carbocycles. The van der Waals surface area contributed by atoms with E-state index in [1.807, 2.05) is 79.4 Å². The van der Waals surface area contributed by atoms with Gasteiger partial charge in [-0.1, -0.05) is 52.4 Å². The molecule has 0 spiro atoms. The van der Waals surface area contributed by atoms with Crippen LogP contribution in [0.2, 0.25) is 0 Å². The lowest BCUT2D eigenvalue weighted by Gasteiger charge is -1.99. The fourth-order valence-electron chi connectivity index (χ4n) is 5.86. The van der Waals surface area contributed by atoms with Crippen LogP contribution in [0.4, 0.5) is 0 Å². The van der Waals surface area contributed by atoms with Gasteiger partial charge in [0, 0.05) is 80.4 Å². The molecule has 7 aromatic heterocycles. The summed E-state index contributed by atoms with van der Waals surface area (Å²) in [6, 6.07) is 27.9. The lowest BCUT2D eigenvalue weighted by Crippen LogP contribution is -1.80. The summed E-state index contributed by atoms with van der Waals surface area (Å²) in [7, 11) is 0. The lowest BCUT2D eigenvalue weighted by atomic mass is 10.1. The molecule has 0 atom stereocenters. The molecule has 7 rings (SSSR count). The zero-order valence-electron chi connectivity index (χ0n) is 27.0. The summed E-state index contributed by atoms with van der Waals surface area (Å²) in [6.07, 6.45) is 13.0. The third-order valence-electron chi connectivity index (χ3n) is 8.47. The zero-order valence-corrected chi connectivity index (χ0v) is 32.7. The molecule has 0 aromatic carbocycles. The molecule has 0 unspecified atom stereocenters. The zero-order chi connectivity index (χ0) is 32.0. The van der Waals surface area contributed by atoms with Gasteiger partial charge in [0.05, 0.1) is 0 Å². The normalized spacial score (nSPS) is 11.6. The van der Waals surface area contributed by atoms with Crippen LogP contribution in [0.3, 0.4) is 0 Å². The van der Waals surface area contributed by atoms with Crippen LogP contribution in [0, 0.1) is 0 Å². The van der Waals surface area contributed by atoms with Crippen LogP contribution in [0.25, 0.3) is 59.9 Å². The molecule has 7 heteroatoms. The van der Waals surface area contributed by atoms with Crippen molar-refractivity contribution in [1.29, 1.82) is 0 Å². The first kappa shape index (κ1) is 33.4. The van der Waals surface area contributed by atoms with Crippen molar-refractivity contribution in [3.8, 4) is 59.9 Å². The molecule has 242 valence electrons. The van der Waals surface area contributed by atoms with E-state index in [1.165, 1.54) is 134 Å². The van der Waals surface area contributed by atoms with Crippen LogP contribution in [0.5, 0.6) is 0 Å². The Balaban J connectivity index is 1.02. The van der Waals surface area contributed by atoms with Crippen molar-refractivity contribution in [3.05, 3.63) is 93.3 Å². The summed E-state index contributed by atoms with van der Waals surface area (Å²) < 4.78 is 0. The molecular weight excluding hydrogens is 705 g/mol. The Kier molecular flexibility index (Phi) is 11.4. The van der Waals surface area contributed by atoms with Crippen LogP contribution in [0.15, 0.2) is 83.6 Å². The Morgan fingerprint density at radius 1 is 0.340 bits per heavy atom. The molecule has 0 aliphatic rings. The van der Waals surface area contributed by atoms with E-state index in [4.69, 9.17) is 0 Å². The predicted octanol–water partition coefficient (Wildman–Crippen LogP) is 16.4. The van der Waals surface area contributed by atoms with Gasteiger partial charge in [0.25, 0.3) is 0 Å². The summed E-state index contributed by atoms with van der Waals surface area (Å²) in [5, 5.41) is 4.66. The van der Waals surface area contributed by atoms with E-state index in [0.717, 1.165) is 0 Å². The first-order valence-electron chi connectivity index (χ1n) is 16.8. The Bertz CT molecular complexity index is 1850. The number of unbranched alkanes of at least 4 members (excludes halogenated alkanes) is 6. The van der Waals surface area contributed by atoms with Gasteiger partial charge in [-0.3, -0.25) is 0 Å². The SMILES string of the molecule is CCCCCCc1ccc(-c2ccc(-c3ccc(-c4cscc4-c4ccc(-c5ccc(-c6ccc(CCCCCC)s6)s5)s4)s3)s2)s1. The summed E-state index contributed by atoms with van der Waals surface area (Å²) in [6.45, 7) is 4.56. The lowest BCUT2D eigenvalue weighted by molar-refractivity contribution is 0.670. The average molecular weight is 745 g/mol. The van der Waals surface area contributed by atoms with Gasteiger partial charge < -0.3 is 0 Å². The van der Waals surface area contributed by atoms with E-state index in [0.29, 0.717) is 0 Å². The van der Waals surface area contributed by atoms with Gasteiger partial charge in [0.15, 0.2) is 0 Å². The minimum atomic E-state index is 1.22. The van der Waals surface area contributed by atoms with Crippen molar-refractivity contribution in [1.82, 2.24) is 0 Å². The van der Waals surface area contributed by atoms with Crippen molar-refractivity contribution in [2.45, 2.75) is 78.1 Å². The van der Waals surface area contributed by atoms with Gasteiger partial charge in [-0.25, -0.2) is 0 Å². The molecule has 0 amide bonds. The van der Waals surface area contributed by atoms with Crippen molar-refractivity contribution >= 4 is 79.4 Å². The largest absolute Gasteiger partial charge is 0.151 e. The molecule has 7 heterocycles. The van der Waals surface area contributed by atoms with Gasteiger partial charge in [-0.05, 0) is 98.5 Å². The van der Waals surface area contributed by atoms with Crippen molar-refractivity contribution < 1.29 is 0 Å². The highest BCUT2D eigenvalue weighted by molar-refractivity contribution is 7.28. The van der Waals surface area contributed by atoms with E-state index < -0.39 is 0 Å². The molecule has 7 aromatic rings. The molecule has 0 N–H and O–H groups in total. The molecule has 47 heavy (non-hydrogen) atoms. The summed E-state index contributed by atoms with van der Waals surface area (Å²) in [5.41, 5.74) is 2.72. The molecule has 0 saturated carbocycles. The maximum atomic E-state index is 2.34. The minimum Gasteiger partial charge on any atom is -0.151 e. The van der Waals surface area contributed by atoms with Crippen molar-refractivity contribution in [3.63, 3.8) is 0 Å². The smallest absolute Gasteiger partial charge is 0.0449 e. The Morgan fingerprint density at radius 3 is 1.04 bits per heavy atom. The average Bonchev–Trinajstić information content (AvgIpc) is 3.91. The van der Waals surface area contributed by atoms with Gasteiger partial charge in [-0.15, -0.1) is 68.0 Å². The third-order valence-corrected chi connectivity index (χ3v) is 16.7. The van der Waals surface area contributed by atoms with Gasteiger partial charge >= 0.3 is 0 Å². The van der Waals surface area contributed by atoms with Crippen LogP contribution in [-0.2, 0) is 12.8 Å². The van der Waals surface area contributed by atoms with E-state index in [9.17, 15) is 0 Å². The summed E-state index contributed by atoms with van der Waals surface area (Å²) in [5.74, 6) is 0. The molecule has 0 nitrogen and oxygen atoms in total. The van der Waals surface area contributed by atoms with Crippen LogP contribution >= 0.6 is 79.4 Å². The molecule has 0 radical (unpaired) electrons. The summed E-state index contributed by atoms with van der Waals surface area (Å²) in [4.78, 5) is 16.8. The number of rotatable bonds is 16. The van der Waals surface area contributed by atoms with E-state index >= 15 is 0 Å². The summed E-state index contributed by atoms with van der Waals surface area (Å²) >= 11 is 13.5. The fourth-order valence-corrected chi connectivity index (χ4v) is 13.4. The second kappa shape index (κ2) is 16.1. The number of hydrogen-bond donors (Lipinski definition) is 0. The maximum absolute atomic E-state index is 2.34. The highest BCUT2D eigenvalue weighted by Crippen LogP contribution is 2.47. The highest BCUT2D eigenvalue weighted by Gasteiger charge is 2.17. The molecule has 0 bridgehead atoms. The molecule has 0 aliphatic heterocycles. The van der Waals surface area contributed by atoms with Crippen LogP contribution in [-0.4, -0.2) is 0 Å². The Hall–Kier alpha value is -2.10. The van der Waals surface area contributed by atoms with Gasteiger partial charge in [0.2, 0.25) is 0 Å². The standard InChI is InChI=1S/C40H40S7/c1-3-5-7-9-11-27-13-15-33(42-27)35-21-23-39(46-35)37-19-17-31(44-37)29-25-41-26-30(29)32-18-20-38(45-32)40-24-22-36(47-40)34-16-14-28(43-34)12-10-8-6-4-2/h13-26H,3-12H2,1-2H3. The van der Waals surface area contributed by atoms with E-state index in [2.05, 4.69) is 97.4 Å². The van der Waals surface area contributed by atoms with Gasteiger partial charge in [-0.2, -0.15) is 11.3 Å². The minimum absolute atomic E-state index is 1.22. The third kappa shape index (κ3) is 8.04. The quantitative estimate of drug-likeness (QED) is 0.0865. The highest BCUT2D eigenvalue weighted by atomic mass is 32.1. The number of hydrogen-bond acceptors (Lipinski definition) is 7. The molecule has 0 fully saturated rings. The van der Waals surface area contributed by atoms with Gasteiger partial charge in [0.1, 0.15) is 0 Å². The monoisotopic (exact) mass is 744 g/mol. The van der Waals surface area contributed by atoms with Crippen molar-refractivity contribution in [2.24, 2.45) is 0 Å². The topological polar surface area (TPSA) is 0 Å². The van der Waals surface area contributed by atoms with Crippen LogP contribution < -0.4 is 0 Å². The fraction of sp³-hybridized carbons (Fsp3) is 0.300. The van der Waals surface area contributed by atoms with Crippen molar-refractivity contribution in [2.75, 3.05) is 0 Å². The first-order valence-corrected chi connectivity index (χ1v) is 22.7. The predicted molar refractivity (Wildman–Crippen MR) is 220 cm³/mol. The number of thiophene rings is 7. The second-order valence-corrected chi connectivity index (χ2v) is 19.4. The first-order chi connectivity index (χ1) is 23.2. The maximum Gasteiger partial charge on any atom is 0.0449 e. The number of aryl methyl sites for hydroxylation is 2. The van der Waals surface area contributed by atoms with Crippen LogP contribution in [0.1, 0.15) is 75.0 Å². The molecule has 0 saturated heterocycles. The molecular formula is C40H40S7.